The summed E-state index contributed by atoms with van der Waals surface area (Å²) < 4.78 is 45.8. The van der Waals surface area contributed by atoms with E-state index in [0.717, 1.165) is 16.7 Å². The Kier molecular flexibility index (Phi) is 7.89. The van der Waals surface area contributed by atoms with E-state index in [-0.39, 0.29) is 22.8 Å². The third kappa shape index (κ3) is 5.72. The fraction of sp³-hybridized carbons (Fsp3) is 0.333. The second kappa shape index (κ2) is 10.5. The molecule has 3 rings (SSSR count). The van der Waals surface area contributed by atoms with Crippen LogP contribution in [0.3, 0.4) is 0 Å². The standard InChI is InChI=1S/C27H33NO5S/c1-27(2,3)20-12-14-22(15-13-20)34(29,30)28-18-23(19-10-8-7-9-11-19)26-24(32-5)16-21(31-4)17-25(26)33-6/h7-17,23,28H,18H2,1-6H3. The van der Waals surface area contributed by atoms with Gasteiger partial charge in [0.05, 0.1) is 26.2 Å². The van der Waals surface area contributed by atoms with Gasteiger partial charge in [0.1, 0.15) is 17.2 Å². The smallest absolute Gasteiger partial charge is 0.240 e. The highest BCUT2D eigenvalue weighted by atomic mass is 32.2. The van der Waals surface area contributed by atoms with Crippen molar-refractivity contribution in [3.8, 4) is 17.2 Å². The lowest BCUT2D eigenvalue weighted by molar-refractivity contribution is 0.366. The average molecular weight is 484 g/mol. The molecule has 0 aliphatic heterocycles. The molecule has 7 heteroatoms. The van der Waals surface area contributed by atoms with Gasteiger partial charge in [-0.2, -0.15) is 0 Å². The van der Waals surface area contributed by atoms with Crippen LogP contribution in [-0.4, -0.2) is 36.3 Å². The van der Waals surface area contributed by atoms with Gasteiger partial charge in [-0.15, -0.1) is 0 Å². The fourth-order valence-electron chi connectivity index (χ4n) is 3.86. The zero-order valence-electron chi connectivity index (χ0n) is 20.6. The second-order valence-corrected chi connectivity index (χ2v) is 10.8. The van der Waals surface area contributed by atoms with Crippen LogP contribution in [0.4, 0.5) is 0 Å². The molecular formula is C27H33NO5S. The topological polar surface area (TPSA) is 73.9 Å². The summed E-state index contributed by atoms with van der Waals surface area (Å²) in [7, 11) is 0.969. The molecule has 0 saturated heterocycles. The molecule has 0 heterocycles. The van der Waals surface area contributed by atoms with Crippen molar-refractivity contribution in [2.45, 2.75) is 37.0 Å². The Balaban J connectivity index is 2.00. The van der Waals surface area contributed by atoms with E-state index in [4.69, 9.17) is 14.2 Å². The molecule has 0 amide bonds. The number of nitrogens with one attached hydrogen (secondary N) is 1. The molecule has 0 radical (unpaired) electrons. The van der Waals surface area contributed by atoms with Crippen molar-refractivity contribution in [2.24, 2.45) is 0 Å². The Morgan fingerprint density at radius 1 is 0.824 bits per heavy atom. The Morgan fingerprint density at radius 2 is 1.38 bits per heavy atom. The van der Waals surface area contributed by atoms with Crippen molar-refractivity contribution in [1.82, 2.24) is 4.72 Å². The van der Waals surface area contributed by atoms with Crippen LogP contribution >= 0.6 is 0 Å². The maximum atomic E-state index is 13.2. The Morgan fingerprint density at radius 3 is 1.85 bits per heavy atom. The molecule has 3 aromatic carbocycles. The third-order valence-electron chi connectivity index (χ3n) is 5.81. The zero-order chi connectivity index (χ0) is 24.9. The summed E-state index contributed by atoms with van der Waals surface area (Å²) in [5, 5.41) is 0. The summed E-state index contributed by atoms with van der Waals surface area (Å²) in [4.78, 5) is 0.223. The van der Waals surface area contributed by atoms with Crippen LogP contribution in [0.5, 0.6) is 17.2 Å². The number of hydrogen-bond donors (Lipinski definition) is 1. The minimum atomic E-state index is -3.74. The molecule has 0 bridgehead atoms. The van der Waals surface area contributed by atoms with E-state index in [1.54, 1.807) is 45.6 Å². The predicted molar refractivity (Wildman–Crippen MR) is 135 cm³/mol. The molecule has 34 heavy (non-hydrogen) atoms. The minimum absolute atomic E-state index is 0.0599. The van der Waals surface area contributed by atoms with Gasteiger partial charge in [-0.05, 0) is 28.7 Å². The largest absolute Gasteiger partial charge is 0.496 e. The first-order chi connectivity index (χ1) is 16.1. The van der Waals surface area contributed by atoms with Crippen molar-refractivity contribution < 1.29 is 22.6 Å². The lowest BCUT2D eigenvalue weighted by Gasteiger charge is -2.24. The SMILES string of the molecule is COc1cc(OC)c(C(CNS(=O)(=O)c2ccc(C(C)(C)C)cc2)c2ccccc2)c(OC)c1. The van der Waals surface area contributed by atoms with E-state index >= 15 is 0 Å². The Bertz CT molecular complexity index is 1180. The lowest BCUT2D eigenvalue weighted by Crippen LogP contribution is -2.29. The normalized spacial score (nSPS) is 12.8. The molecule has 0 fully saturated rings. The lowest BCUT2D eigenvalue weighted by atomic mass is 9.87. The van der Waals surface area contributed by atoms with Crippen LogP contribution in [-0.2, 0) is 15.4 Å². The molecule has 0 aliphatic carbocycles. The summed E-state index contributed by atoms with van der Waals surface area (Å²) in [6, 6.07) is 20.2. The highest BCUT2D eigenvalue weighted by molar-refractivity contribution is 7.89. The van der Waals surface area contributed by atoms with Crippen LogP contribution < -0.4 is 18.9 Å². The third-order valence-corrected chi connectivity index (χ3v) is 7.25. The highest BCUT2D eigenvalue weighted by Crippen LogP contribution is 2.41. The van der Waals surface area contributed by atoms with Crippen molar-refractivity contribution in [3.63, 3.8) is 0 Å². The van der Waals surface area contributed by atoms with Crippen LogP contribution in [0.1, 0.15) is 43.4 Å². The van der Waals surface area contributed by atoms with Crippen molar-refractivity contribution in [1.29, 1.82) is 0 Å². The first kappa shape index (κ1) is 25.6. The number of hydrogen-bond acceptors (Lipinski definition) is 5. The van der Waals surface area contributed by atoms with E-state index in [1.807, 2.05) is 42.5 Å². The van der Waals surface area contributed by atoms with Gasteiger partial charge in [0.15, 0.2) is 0 Å². The maximum absolute atomic E-state index is 13.2. The molecule has 1 atom stereocenters. The summed E-state index contributed by atoms with van der Waals surface area (Å²) in [6.45, 7) is 6.39. The summed E-state index contributed by atoms with van der Waals surface area (Å²) >= 11 is 0. The number of benzene rings is 3. The van der Waals surface area contributed by atoms with E-state index in [0.29, 0.717) is 17.2 Å². The fourth-order valence-corrected chi connectivity index (χ4v) is 4.91. The average Bonchev–Trinajstić information content (AvgIpc) is 2.84. The number of methoxy groups -OCH3 is 3. The molecule has 1 N–H and O–H groups in total. The van der Waals surface area contributed by atoms with E-state index in [2.05, 4.69) is 25.5 Å². The summed E-state index contributed by atoms with van der Waals surface area (Å²) in [5.74, 6) is 1.34. The molecule has 3 aromatic rings. The van der Waals surface area contributed by atoms with E-state index in [9.17, 15) is 8.42 Å². The first-order valence-corrected chi connectivity index (χ1v) is 12.5. The molecule has 0 aromatic heterocycles. The van der Waals surface area contributed by atoms with Gasteiger partial charge in [-0.25, -0.2) is 13.1 Å². The van der Waals surface area contributed by atoms with E-state index in [1.165, 1.54) is 0 Å². The molecule has 182 valence electrons. The van der Waals surface area contributed by atoms with Crippen molar-refractivity contribution in [2.75, 3.05) is 27.9 Å². The minimum Gasteiger partial charge on any atom is -0.496 e. The quantitative estimate of drug-likeness (QED) is 0.457. The molecule has 0 spiro atoms. The molecule has 1 unspecified atom stereocenters. The van der Waals surface area contributed by atoms with Gasteiger partial charge >= 0.3 is 0 Å². The summed E-state index contributed by atoms with van der Waals surface area (Å²) in [5.41, 5.74) is 2.68. The van der Waals surface area contributed by atoms with Gasteiger partial charge in [0.25, 0.3) is 0 Å². The van der Waals surface area contributed by atoms with Crippen LogP contribution in [0, 0.1) is 0 Å². The number of rotatable bonds is 9. The predicted octanol–water partition coefficient (Wildman–Crippen LogP) is 5.12. The van der Waals surface area contributed by atoms with Crippen LogP contribution in [0.2, 0.25) is 0 Å². The molecule has 6 nitrogen and oxygen atoms in total. The van der Waals surface area contributed by atoms with Gasteiger partial charge in [0.2, 0.25) is 10.0 Å². The Labute approximate surface area is 202 Å². The van der Waals surface area contributed by atoms with E-state index < -0.39 is 10.0 Å². The Hall–Kier alpha value is -3.03. The van der Waals surface area contributed by atoms with Crippen LogP contribution in [0.25, 0.3) is 0 Å². The van der Waals surface area contributed by atoms with Gasteiger partial charge < -0.3 is 14.2 Å². The van der Waals surface area contributed by atoms with Gasteiger partial charge in [0, 0.05) is 30.2 Å². The maximum Gasteiger partial charge on any atom is 0.240 e. The monoisotopic (exact) mass is 483 g/mol. The molecular weight excluding hydrogens is 450 g/mol. The zero-order valence-corrected chi connectivity index (χ0v) is 21.4. The first-order valence-electron chi connectivity index (χ1n) is 11.1. The second-order valence-electron chi connectivity index (χ2n) is 9.04. The highest BCUT2D eigenvalue weighted by Gasteiger charge is 2.26. The number of sulfonamides is 1. The van der Waals surface area contributed by atoms with Crippen LogP contribution in [0.15, 0.2) is 71.6 Å². The van der Waals surface area contributed by atoms with Crippen molar-refractivity contribution >= 4 is 10.0 Å². The summed E-state index contributed by atoms with van der Waals surface area (Å²) in [6.07, 6.45) is 0. The van der Waals surface area contributed by atoms with Gasteiger partial charge in [-0.3, -0.25) is 0 Å². The molecule has 0 aliphatic rings. The molecule has 0 saturated carbocycles. The number of ether oxygens (including phenoxy) is 3. The van der Waals surface area contributed by atoms with Gasteiger partial charge in [-0.1, -0.05) is 63.2 Å². The van der Waals surface area contributed by atoms with Crippen molar-refractivity contribution in [3.05, 3.63) is 83.4 Å².